The van der Waals surface area contributed by atoms with Crippen LogP contribution in [-0.4, -0.2) is 60.1 Å². The summed E-state index contributed by atoms with van der Waals surface area (Å²) in [6.45, 7) is 5.34. The van der Waals surface area contributed by atoms with Gasteiger partial charge in [0.1, 0.15) is 6.17 Å². The van der Waals surface area contributed by atoms with Gasteiger partial charge >= 0.3 is 6.03 Å². The molecule has 0 aliphatic carbocycles. The fraction of sp³-hybridized carbons (Fsp3) is 0.333. The highest BCUT2D eigenvalue weighted by atomic mass is 35.5. The van der Waals surface area contributed by atoms with Crippen LogP contribution in [0.4, 0.5) is 16.4 Å². The zero-order valence-corrected chi connectivity index (χ0v) is 19.5. The third-order valence-corrected chi connectivity index (χ3v) is 6.33. The van der Waals surface area contributed by atoms with Gasteiger partial charge in [0.05, 0.1) is 30.4 Å². The molecule has 0 bridgehead atoms. The molecule has 5 rings (SSSR count). The standard InChI is InChI=1S/C24H27ClN6O3/c1-15-11-18(30-7-9-34-10-8-30)13-19-22(15)29-23(28-19)31-21(5-6-26-24(31)33)27-14-20(32)16-3-2-4-17(25)12-16/h2-6,11-13,20-21,27,32H,7-10,14H2,1H3,(H,26,33)(H,28,29)/t20-,21?/m1/s1. The van der Waals surface area contributed by atoms with E-state index in [-0.39, 0.29) is 12.6 Å². The first kappa shape index (κ1) is 22.7. The van der Waals surface area contributed by atoms with Crippen molar-refractivity contribution in [3.63, 3.8) is 0 Å². The van der Waals surface area contributed by atoms with Gasteiger partial charge in [-0.3, -0.25) is 5.32 Å². The second kappa shape index (κ2) is 9.63. The summed E-state index contributed by atoms with van der Waals surface area (Å²) >= 11 is 6.05. The molecule has 2 amide bonds. The van der Waals surface area contributed by atoms with Crippen molar-refractivity contribution < 1.29 is 14.6 Å². The number of amides is 2. The number of carbonyl (C=O) groups excluding carboxylic acids is 1. The quantitative estimate of drug-likeness (QED) is 0.430. The Bertz CT molecular complexity index is 1220. The van der Waals surface area contributed by atoms with Crippen LogP contribution in [0.1, 0.15) is 17.2 Å². The minimum Gasteiger partial charge on any atom is -0.387 e. The van der Waals surface area contributed by atoms with E-state index in [0.717, 1.165) is 35.4 Å². The van der Waals surface area contributed by atoms with Crippen molar-refractivity contribution in [1.82, 2.24) is 20.6 Å². The average molecular weight is 483 g/mol. The number of fused-ring (bicyclic) bond motifs is 1. The van der Waals surface area contributed by atoms with Crippen LogP contribution in [0.15, 0.2) is 48.7 Å². The Morgan fingerprint density at radius 1 is 1.29 bits per heavy atom. The summed E-state index contributed by atoms with van der Waals surface area (Å²) < 4.78 is 5.47. The molecule has 0 saturated carbocycles. The number of rotatable bonds is 6. The fourth-order valence-electron chi connectivity index (χ4n) is 4.32. The molecule has 178 valence electrons. The van der Waals surface area contributed by atoms with E-state index >= 15 is 0 Å². The minimum atomic E-state index is -0.784. The lowest BCUT2D eigenvalue weighted by atomic mass is 10.1. The average Bonchev–Trinajstić information content (AvgIpc) is 3.27. The summed E-state index contributed by atoms with van der Waals surface area (Å²) in [5, 5.41) is 17.1. The zero-order chi connectivity index (χ0) is 23.7. The van der Waals surface area contributed by atoms with E-state index in [1.807, 2.05) is 19.1 Å². The predicted octanol–water partition coefficient (Wildman–Crippen LogP) is 3.05. The molecule has 1 aromatic heterocycles. The molecule has 2 atom stereocenters. The maximum atomic E-state index is 12.8. The van der Waals surface area contributed by atoms with Crippen LogP contribution in [0, 0.1) is 6.92 Å². The topological polar surface area (TPSA) is 106 Å². The number of anilines is 2. The maximum absolute atomic E-state index is 12.8. The van der Waals surface area contributed by atoms with Gasteiger partial charge in [0.15, 0.2) is 0 Å². The number of carbonyl (C=O) groups is 1. The Kier molecular flexibility index (Phi) is 6.42. The minimum absolute atomic E-state index is 0.222. The highest BCUT2D eigenvalue weighted by Crippen LogP contribution is 2.28. The third kappa shape index (κ3) is 4.60. The van der Waals surface area contributed by atoms with Gasteiger partial charge in [0.2, 0.25) is 5.95 Å². The number of hydrogen-bond donors (Lipinski definition) is 4. The van der Waals surface area contributed by atoms with Crippen molar-refractivity contribution in [2.45, 2.75) is 19.2 Å². The summed E-state index contributed by atoms with van der Waals surface area (Å²) in [5.74, 6) is 0.425. The van der Waals surface area contributed by atoms with Crippen molar-refractivity contribution in [3.05, 3.63) is 64.8 Å². The first-order chi connectivity index (χ1) is 16.5. The molecule has 2 aromatic carbocycles. The Labute approximate surface area is 202 Å². The molecule has 0 spiro atoms. The number of aromatic nitrogens is 2. The molecular formula is C24H27ClN6O3. The van der Waals surface area contributed by atoms with E-state index in [1.165, 1.54) is 4.90 Å². The SMILES string of the molecule is Cc1cc(N2CCOCC2)cc2[nH]c(N3C(=O)NC=CC3NC[C@@H](O)c3cccc(Cl)c3)nc12. The third-order valence-electron chi connectivity index (χ3n) is 6.09. The van der Waals surface area contributed by atoms with E-state index < -0.39 is 12.3 Å². The number of nitrogens with one attached hydrogen (secondary N) is 3. The highest BCUT2D eigenvalue weighted by Gasteiger charge is 2.29. The van der Waals surface area contributed by atoms with Gasteiger partial charge in [-0.05, 0) is 48.4 Å². The van der Waals surface area contributed by atoms with E-state index in [4.69, 9.17) is 21.3 Å². The van der Waals surface area contributed by atoms with Crippen LogP contribution in [-0.2, 0) is 4.74 Å². The molecule has 3 aromatic rings. The van der Waals surface area contributed by atoms with E-state index in [1.54, 1.807) is 24.4 Å². The second-order valence-electron chi connectivity index (χ2n) is 8.42. The van der Waals surface area contributed by atoms with Crippen molar-refractivity contribution in [1.29, 1.82) is 0 Å². The van der Waals surface area contributed by atoms with Gasteiger partial charge < -0.3 is 25.0 Å². The molecule has 10 heteroatoms. The molecule has 34 heavy (non-hydrogen) atoms. The number of benzene rings is 2. The van der Waals surface area contributed by atoms with Gasteiger partial charge in [-0.1, -0.05) is 23.7 Å². The number of aliphatic hydroxyl groups excluding tert-OH is 1. The molecule has 2 aliphatic rings. The van der Waals surface area contributed by atoms with E-state index in [2.05, 4.69) is 32.7 Å². The maximum Gasteiger partial charge on any atom is 0.329 e. The molecule has 2 aliphatic heterocycles. The van der Waals surface area contributed by atoms with Crippen molar-refractivity contribution in [2.75, 3.05) is 42.6 Å². The largest absolute Gasteiger partial charge is 0.387 e. The van der Waals surface area contributed by atoms with Crippen LogP contribution in [0.3, 0.4) is 0 Å². The van der Waals surface area contributed by atoms with Gasteiger partial charge in [-0.15, -0.1) is 0 Å². The Morgan fingerprint density at radius 2 is 2.12 bits per heavy atom. The summed E-state index contributed by atoms with van der Waals surface area (Å²) in [4.78, 5) is 24.6. The van der Waals surface area contributed by atoms with Crippen LogP contribution in [0.25, 0.3) is 11.0 Å². The van der Waals surface area contributed by atoms with Crippen LogP contribution in [0.2, 0.25) is 5.02 Å². The zero-order valence-electron chi connectivity index (χ0n) is 18.8. The number of nitrogens with zero attached hydrogens (tertiary/aromatic N) is 3. The number of aryl methyl sites for hydroxylation is 1. The number of halogens is 1. The lowest BCUT2D eigenvalue weighted by molar-refractivity contribution is 0.122. The van der Waals surface area contributed by atoms with Crippen molar-refractivity contribution in [3.8, 4) is 0 Å². The summed E-state index contributed by atoms with van der Waals surface area (Å²) in [6, 6.07) is 11.0. The number of ether oxygens (including phenoxy) is 1. The van der Waals surface area contributed by atoms with Gasteiger partial charge in [0, 0.05) is 36.5 Å². The van der Waals surface area contributed by atoms with Gasteiger partial charge in [-0.25, -0.2) is 14.7 Å². The molecule has 1 saturated heterocycles. The molecule has 1 unspecified atom stereocenters. The highest BCUT2D eigenvalue weighted by molar-refractivity contribution is 6.30. The van der Waals surface area contributed by atoms with Crippen LogP contribution in [0.5, 0.6) is 0 Å². The lowest BCUT2D eigenvalue weighted by Crippen LogP contribution is -2.54. The molecule has 9 nitrogen and oxygen atoms in total. The summed E-state index contributed by atoms with van der Waals surface area (Å²) in [6.07, 6.45) is 2.12. The Hall–Kier alpha value is -3.11. The molecular weight excluding hydrogens is 456 g/mol. The summed E-state index contributed by atoms with van der Waals surface area (Å²) in [5.41, 5.74) is 4.50. The Balaban J connectivity index is 1.38. The lowest BCUT2D eigenvalue weighted by Gasteiger charge is -2.31. The fourth-order valence-corrected chi connectivity index (χ4v) is 4.52. The molecule has 1 fully saturated rings. The van der Waals surface area contributed by atoms with E-state index in [9.17, 15) is 9.90 Å². The summed E-state index contributed by atoms with van der Waals surface area (Å²) in [7, 11) is 0. The van der Waals surface area contributed by atoms with Crippen molar-refractivity contribution in [2.24, 2.45) is 0 Å². The number of imidazole rings is 1. The Morgan fingerprint density at radius 3 is 2.91 bits per heavy atom. The first-order valence-electron chi connectivity index (χ1n) is 11.3. The number of urea groups is 1. The smallest absolute Gasteiger partial charge is 0.329 e. The first-order valence-corrected chi connectivity index (χ1v) is 11.6. The molecule has 4 N–H and O–H groups in total. The van der Waals surface area contributed by atoms with Crippen molar-refractivity contribution >= 4 is 40.3 Å². The predicted molar refractivity (Wildman–Crippen MR) is 132 cm³/mol. The number of H-pyrrole nitrogens is 1. The van der Waals surface area contributed by atoms with Crippen LogP contribution >= 0.6 is 11.6 Å². The number of hydrogen-bond acceptors (Lipinski definition) is 6. The molecule has 0 radical (unpaired) electrons. The van der Waals surface area contributed by atoms with Crippen LogP contribution < -0.4 is 20.4 Å². The van der Waals surface area contributed by atoms with Gasteiger partial charge in [0.25, 0.3) is 0 Å². The number of aliphatic hydroxyl groups is 1. The number of aromatic amines is 1. The second-order valence-corrected chi connectivity index (χ2v) is 8.86. The van der Waals surface area contributed by atoms with Gasteiger partial charge in [-0.2, -0.15) is 0 Å². The number of morpholine rings is 1. The normalized spacial score (nSPS) is 19.5. The monoisotopic (exact) mass is 482 g/mol. The molecule has 3 heterocycles. The van der Waals surface area contributed by atoms with E-state index in [0.29, 0.717) is 29.7 Å².